The second kappa shape index (κ2) is 41.4. The van der Waals surface area contributed by atoms with Gasteiger partial charge in [-0.25, -0.2) is 19.9 Å². The molecule has 6 aliphatic heterocycles. The Morgan fingerprint density at radius 3 is 1.27 bits per heavy atom. The molecule has 10 heterocycles. The maximum absolute atomic E-state index is 13.4. The molecule has 4 aromatic heterocycles. The summed E-state index contributed by atoms with van der Waals surface area (Å²) in [4.78, 5) is 130. The van der Waals surface area contributed by atoms with Crippen LogP contribution in [0.25, 0.3) is 44.3 Å². The Bertz CT molecular complexity index is 5550. The topological polar surface area (TPSA) is 389 Å². The van der Waals surface area contributed by atoms with Crippen molar-refractivity contribution in [1.82, 2.24) is 74.4 Å². The van der Waals surface area contributed by atoms with Crippen molar-refractivity contribution in [2.45, 2.75) is 139 Å². The summed E-state index contributed by atoms with van der Waals surface area (Å²) in [7, 11) is 0. The number of nitrogens with two attached hydrogens (primary N) is 3. The molecule has 127 heavy (non-hydrogen) atoms. The van der Waals surface area contributed by atoms with Gasteiger partial charge < -0.3 is 66.3 Å². The van der Waals surface area contributed by atoms with Gasteiger partial charge >= 0.3 is 5.97 Å². The van der Waals surface area contributed by atoms with Crippen molar-refractivity contribution in [3.05, 3.63) is 204 Å². The number of carboxylic acid groups (broad SMARTS) is 1. The van der Waals surface area contributed by atoms with E-state index in [9.17, 15) is 38.4 Å². The highest BCUT2D eigenvalue weighted by molar-refractivity contribution is 6.24. The number of aryl methyl sites for hydroxylation is 2. The molecule has 2 saturated carbocycles. The van der Waals surface area contributed by atoms with Gasteiger partial charge in [-0.05, 0) is 173 Å². The lowest BCUT2D eigenvalue weighted by Gasteiger charge is -2.42. The van der Waals surface area contributed by atoms with Gasteiger partial charge in [0.1, 0.15) is 70.7 Å². The van der Waals surface area contributed by atoms with Crippen molar-refractivity contribution >= 4 is 81.0 Å². The van der Waals surface area contributed by atoms with E-state index in [1.807, 2.05) is 84.9 Å². The fraction of sp³-hybridized carbons (Fsp3) is 0.417. The number of amides is 7. The lowest BCUT2D eigenvalue weighted by molar-refractivity contribution is -0.137. The van der Waals surface area contributed by atoms with Gasteiger partial charge in [-0.3, -0.25) is 67.8 Å². The molecule has 0 bridgehead atoms. The predicted molar refractivity (Wildman–Crippen MR) is 480 cm³/mol. The molecule has 31 heteroatoms. The largest absolute Gasteiger partial charge is 0.481 e. The number of piperazine rings is 2. The Labute approximate surface area is 737 Å². The number of para-hydroxylation sites is 2. The molecule has 7 amide bonds. The van der Waals surface area contributed by atoms with Crippen LogP contribution >= 0.6 is 0 Å². The zero-order valence-corrected chi connectivity index (χ0v) is 71.6. The number of aliphatic carboxylic acids is 1. The Morgan fingerprint density at radius 2 is 0.850 bits per heavy atom. The zero-order valence-electron chi connectivity index (χ0n) is 71.6. The molecule has 10 N–H and O–H groups in total. The van der Waals surface area contributed by atoms with Crippen LogP contribution in [0, 0.1) is 0 Å². The minimum absolute atomic E-state index is 0.123. The van der Waals surface area contributed by atoms with Crippen molar-refractivity contribution in [2.75, 3.05) is 130 Å². The van der Waals surface area contributed by atoms with Gasteiger partial charge in [-0.2, -0.15) is 0 Å². The van der Waals surface area contributed by atoms with Crippen LogP contribution < -0.4 is 42.6 Å². The summed E-state index contributed by atoms with van der Waals surface area (Å²) < 4.78 is 28.2. The van der Waals surface area contributed by atoms with E-state index in [4.69, 9.17) is 51.2 Å². The molecule has 664 valence electrons. The Hall–Kier alpha value is -12.4. The van der Waals surface area contributed by atoms with Crippen LogP contribution in [0.2, 0.25) is 0 Å². The van der Waals surface area contributed by atoms with Gasteiger partial charge in [0.05, 0.1) is 59.5 Å². The number of aromatic nitrogens is 6. The molecule has 8 aliphatic rings. The number of hydrogen-bond acceptors (Lipinski definition) is 23. The summed E-state index contributed by atoms with van der Waals surface area (Å²) in [6, 6.07) is 46.2. The van der Waals surface area contributed by atoms with E-state index >= 15 is 0 Å². The second-order valence-corrected chi connectivity index (χ2v) is 33.7. The monoisotopic (exact) mass is 1720 g/mol. The van der Waals surface area contributed by atoms with Gasteiger partial charge in [0.2, 0.25) is 17.7 Å². The van der Waals surface area contributed by atoms with Gasteiger partial charge in [-0.1, -0.05) is 84.9 Å². The Kier molecular flexibility index (Phi) is 28.7. The van der Waals surface area contributed by atoms with Gasteiger partial charge in [-0.15, -0.1) is 0 Å². The minimum atomic E-state index is -0.970. The van der Waals surface area contributed by atoms with Crippen LogP contribution in [0.3, 0.4) is 0 Å². The number of carbonyl (C=O) groups is 8. The molecule has 31 nitrogen and oxygen atoms in total. The van der Waals surface area contributed by atoms with E-state index in [-0.39, 0.29) is 48.1 Å². The third-order valence-electron chi connectivity index (χ3n) is 25.9. The van der Waals surface area contributed by atoms with Gasteiger partial charge in [0.15, 0.2) is 0 Å². The Balaban J connectivity index is 0.000000157. The van der Waals surface area contributed by atoms with Crippen LogP contribution in [0.1, 0.15) is 155 Å². The van der Waals surface area contributed by atoms with E-state index in [0.29, 0.717) is 136 Å². The molecule has 0 radical (unpaired) electrons. The highest BCUT2D eigenvalue weighted by Gasteiger charge is 2.47. The lowest BCUT2D eigenvalue weighted by Crippen LogP contribution is -2.52. The average molecular weight is 1730 g/mol. The predicted octanol–water partition coefficient (Wildman–Crippen LogP) is 10.3. The van der Waals surface area contributed by atoms with Gasteiger partial charge in [0.25, 0.3) is 23.6 Å². The number of carbonyl (C=O) groups excluding carboxylic acids is 7. The molecule has 6 fully saturated rings. The summed E-state index contributed by atoms with van der Waals surface area (Å²) >= 11 is 0. The van der Waals surface area contributed by atoms with Crippen molar-refractivity contribution in [2.24, 2.45) is 5.73 Å². The molecule has 0 spiro atoms. The third kappa shape index (κ3) is 20.5. The SMILES string of the molecule is NCCOCCN1CCN(C2CCC(n3cc(-c4ccc(Oc5ccccc5)cc4)c4c(N)ncnc43)CC2)CC1.Nc1ncnc2c1c(-c1ccc(Oc3ccccc3)cc1)cn2C1CCC(N2CCN(CCOCCNC(=O)CCc3cccc4c3C(=O)N(C3CCCNC3=O)C4=O)CC2)CC1.O=C(O)CCc1cccc2c1C(=O)N(C1CCCNC1=O)C2=O. The van der Waals surface area contributed by atoms with Crippen LogP contribution in [0.5, 0.6) is 23.0 Å². The van der Waals surface area contributed by atoms with Crippen molar-refractivity contribution in [1.29, 1.82) is 0 Å². The molecule has 4 saturated heterocycles. The number of nitrogen functional groups attached to an aromatic ring is 2. The highest BCUT2D eigenvalue weighted by Crippen LogP contribution is 2.43. The van der Waals surface area contributed by atoms with E-state index < -0.39 is 41.7 Å². The molecule has 18 rings (SSSR count). The second-order valence-electron chi connectivity index (χ2n) is 33.7. The van der Waals surface area contributed by atoms with E-state index in [2.05, 4.69) is 91.3 Å². The fourth-order valence-electron chi connectivity index (χ4n) is 19.2. The smallest absolute Gasteiger partial charge is 0.303 e. The number of nitrogens with one attached hydrogen (secondary N) is 3. The number of ether oxygens (including phenoxy) is 4. The summed E-state index contributed by atoms with van der Waals surface area (Å²) in [5, 5.41) is 19.0. The summed E-state index contributed by atoms with van der Waals surface area (Å²) in [6.45, 7) is 14.9. The fourth-order valence-corrected chi connectivity index (χ4v) is 19.2. The Morgan fingerprint density at radius 1 is 0.441 bits per heavy atom. The molecule has 2 unspecified atom stereocenters. The average Bonchev–Trinajstić information content (AvgIpc) is 1.67. The first-order valence-electron chi connectivity index (χ1n) is 44.7. The van der Waals surface area contributed by atoms with Crippen LogP contribution in [-0.4, -0.2) is 253 Å². The number of rotatable bonds is 29. The lowest BCUT2D eigenvalue weighted by atomic mass is 9.89. The number of imide groups is 2. The molecular weight excluding hydrogens is 1610 g/mol. The molecular formula is C96H112N18O13. The van der Waals surface area contributed by atoms with Crippen LogP contribution in [0.15, 0.2) is 171 Å². The normalized spacial score (nSPS) is 20.6. The number of piperidine rings is 2. The van der Waals surface area contributed by atoms with E-state index in [1.54, 1.807) is 49.1 Å². The van der Waals surface area contributed by atoms with Gasteiger partial charge in [0, 0.05) is 152 Å². The van der Waals surface area contributed by atoms with Crippen LogP contribution in [-0.2, 0) is 41.5 Å². The van der Waals surface area contributed by atoms with Crippen LogP contribution in [0.4, 0.5) is 11.6 Å². The number of hydrogen-bond donors (Lipinski definition) is 7. The van der Waals surface area contributed by atoms with Crippen molar-refractivity contribution in [3.8, 4) is 45.3 Å². The zero-order chi connectivity index (χ0) is 87.9. The number of benzene rings is 6. The summed E-state index contributed by atoms with van der Waals surface area (Å²) in [5.74, 6) is 0.555. The van der Waals surface area contributed by atoms with Crippen molar-refractivity contribution in [3.63, 3.8) is 0 Å². The number of carboxylic acids is 1. The number of fused-ring (bicyclic) bond motifs is 4. The van der Waals surface area contributed by atoms with E-state index in [0.717, 1.165) is 188 Å². The first-order chi connectivity index (χ1) is 62.0. The molecule has 2 atom stereocenters. The maximum atomic E-state index is 13.4. The third-order valence-corrected chi connectivity index (χ3v) is 25.9. The highest BCUT2D eigenvalue weighted by atomic mass is 16.5. The molecule has 10 aromatic rings. The maximum Gasteiger partial charge on any atom is 0.303 e. The molecule has 2 aliphatic carbocycles. The van der Waals surface area contributed by atoms with Crippen molar-refractivity contribution < 1.29 is 62.4 Å². The minimum Gasteiger partial charge on any atom is -0.481 e. The number of nitrogens with zero attached hydrogens (tertiary/aromatic N) is 12. The first-order valence-corrected chi connectivity index (χ1v) is 44.7. The first kappa shape index (κ1) is 88.1. The van der Waals surface area contributed by atoms with E-state index in [1.165, 1.54) is 12.8 Å². The summed E-state index contributed by atoms with van der Waals surface area (Å²) in [5.41, 5.74) is 26.7. The number of anilines is 2. The quantitative estimate of drug-likeness (QED) is 0.0169. The summed E-state index contributed by atoms with van der Waals surface area (Å²) in [6.07, 6.45) is 19.5. The molecule has 6 aromatic carbocycles. The standard InChI is InChI=1S/C48H55N9O6.C32H41N7O2.C16H16N2O5/c49-44-43-39(32-11-18-37(19-12-32)63-36-7-2-1-3-8-36)30-56(45(43)53-31-52-44)35-16-14-34(15-17-35)55-25-23-54(24-26-55)27-29-62-28-22-50-41(58)20-13-33-6-4-9-38-42(33)48(61)57(47(38)60)40-10-5-21-51-46(40)59;33-14-20-40-21-19-37-15-17-38(18-16-37)25-8-10-26(11-9-25)39-22-29(30-31(34)35-23-36-32(30)39)24-6-12-28(13-7-24)41-27-4-2-1-3-5-27;19-12(20)7-6-9-3-1-4-10-13(9)16(23)18(15(10)22)11-5-2-8-17-14(11)21/h1-4,6-9,11-12,18-19,30-31,34-35,40H,5,10,13-17,20-29H2,(H,50,58)(H,51,59)(H2,49,52,53);1-7,12-13,22-23,25-26H,8-11,14-21,33H2,(H2,34,35,36);1,3-4,11H,2,5-8H2,(H,17,21)(H,19,20).